The van der Waals surface area contributed by atoms with Gasteiger partial charge in [0, 0.05) is 31.9 Å². The molecule has 0 saturated carbocycles. The molecule has 0 aliphatic carbocycles. The second kappa shape index (κ2) is 4.32. The second-order valence-corrected chi connectivity index (χ2v) is 3.81. The van der Waals surface area contributed by atoms with E-state index in [0.717, 1.165) is 0 Å². The maximum absolute atomic E-state index is 5.84. The van der Waals surface area contributed by atoms with Gasteiger partial charge in [0.25, 0.3) is 0 Å². The Morgan fingerprint density at radius 3 is 2.40 bits per heavy atom. The highest BCUT2D eigenvalue weighted by Crippen LogP contribution is 2.23. The Balaban J connectivity index is 2.33. The molecule has 2 N–H and O–H groups in total. The highest BCUT2D eigenvalue weighted by Gasteiger charge is 2.12. The Bertz CT molecular complexity index is 417. The standard InChI is InChI=1S/C13H16N2/c1-15-8-7-12(10-15)13(9-14)11-5-3-2-4-6-11/h2-8,10,13H,9,14H2,1H3. The minimum atomic E-state index is 0.312. The molecule has 1 heterocycles. The molecular formula is C13H16N2. The van der Waals surface area contributed by atoms with Crippen molar-refractivity contribution in [3.63, 3.8) is 0 Å². The van der Waals surface area contributed by atoms with Crippen LogP contribution in [-0.4, -0.2) is 11.1 Å². The van der Waals surface area contributed by atoms with Crippen LogP contribution in [0.1, 0.15) is 17.0 Å². The fourth-order valence-corrected chi connectivity index (χ4v) is 1.88. The van der Waals surface area contributed by atoms with E-state index in [2.05, 4.69) is 47.3 Å². The number of hydrogen-bond acceptors (Lipinski definition) is 1. The molecule has 15 heavy (non-hydrogen) atoms. The summed E-state index contributed by atoms with van der Waals surface area (Å²) in [5, 5.41) is 0. The van der Waals surface area contributed by atoms with Crippen LogP contribution < -0.4 is 5.73 Å². The van der Waals surface area contributed by atoms with E-state index in [0.29, 0.717) is 12.5 Å². The topological polar surface area (TPSA) is 30.9 Å². The number of hydrogen-bond donors (Lipinski definition) is 1. The summed E-state index contributed by atoms with van der Waals surface area (Å²) in [5.74, 6) is 0.312. The summed E-state index contributed by atoms with van der Waals surface area (Å²) >= 11 is 0. The molecular weight excluding hydrogens is 184 g/mol. The molecule has 0 aliphatic rings. The van der Waals surface area contributed by atoms with Gasteiger partial charge in [-0.25, -0.2) is 0 Å². The molecule has 1 atom stereocenters. The van der Waals surface area contributed by atoms with Crippen LogP contribution in [0.25, 0.3) is 0 Å². The quantitative estimate of drug-likeness (QED) is 0.808. The smallest absolute Gasteiger partial charge is 0.0227 e. The first-order chi connectivity index (χ1) is 7.31. The normalized spacial score (nSPS) is 12.7. The van der Waals surface area contributed by atoms with E-state index >= 15 is 0 Å². The highest BCUT2D eigenvalue weighted by atomic mass is 14.9. The van der Waals surface area contributed by atoms with Crippen molar-refractivity contribution < 1.29 is 0 Å². The van der Waals surface area contributed by atoms with Gasteiger partial charge in [-0.2, -0.15) is 0 Å². The lowest BCUT2D eigenvalue weighted by Crippen LogP contribution is -2.13. The van der Waals surface area contributed by atoms with Crippen LogP contribution in [-0.2, 0) is 7.05 Å². The molecule has 0 radical (unpaired) electrons. The molecule has 0 fully saturated rings. The fraction of sp³-hybridized carbons (Fsp3) is 0.231. The number of benzene rings is 1. The second-order valence-electron chi connectivity index (χ2n) is 3.81. The van der Waals surface area contributed by atoms with Crippen LogP contribution in [0.2, 0.25) is 0 Å². The summed E-state index contributed by atoms with van der Waals surface area (Å²) in [6.45, 7) is 0.647. The summed E-state index contributed by atoms with van der Waals surface area (Å²) < 4.78 is 2.06. The van der Waals surface area contributed by atoms with Gasteiger partial charge in [-0.1, -0.05) is 30.3 Å². The molecule has 0 bridgehead atoms. The first kappa shape index (κ1) is 9.99. The number of rotatable bonds is 3. The van der Waals surface area contributed by atoms with E-state index in [-0.39, 0.29) is 0 Å². The van der Waals surface area contributed by atoms with E-state index < -0.39 is 0 Å². The molecule has 0 spiro atoms. The lowest BCUT2D eigenvalue weighted by molar-refractivity contribution is 0.811. The van der Waals surface area contributed by atoms with Gasteiger partial charge in [0.15, 0.2) is 0 Å². The van der Waals surface area contributed by atoms with Crippen LogP contribution in [0.15, 0.2) is 48.8 Å². The number of aryl methyl sites for hydroxylation is 1. The largest absolute Gasteiger partial charge is 0.357 e. The SMILES string of the molecule is Cn1ccc(C(CN)c2ccccc2)c1. The molecule has 78 valence electrons. The van der Waals surface area contributed by atoms with E-state index in [9.17, 15) is 0 Å². The minimum absolute atomic E-state index is 0.312. The molecule has 0 saturated heterocycles. The summed E-state index contributed by atoms with van der Waals surface area (Å²) in [5.41, 5.74) is 8.40. The summed E-state index contributed by atoms with van der Waals surface area (Å²) in [6, 6.07) is 12.5. The van der Waals surface area contributed by atoms with Crippen molar-refractivity contribution in [2.24, 2.45) is 12.8 Å². The molecule has 2 rings (SSSR count). The average Bonchev–Trinajstić information content (AvgIpc) is 2.68. The lowest BCUT2D eigenvalue weighted by Gasteiger charge is -2.13. The summed E-state index contributed by atoms with van der Waals surface area (Å²) in [4.78, 5) is 0. The van der Waals surface area contributed by atoms with Crippen LogP contribution in [0.3, 0.4) is 0 Å². The number of nitrogens with two attached hydrogens (primary N) is 1. The van der Waals surface area contributed by atoms with Gasteiger partial charge in [-0.05, 0) is 17.2 Å². The lowest BCUT2D eigenvalue weighted by atomic mass is 9.93. The Morgan fingerprint density at radius 2 is 1.87 bits per heavy atom. The van der Waals surface area contributed by atoms with Crippen molar-refractivity contribution >= 4 is 0 Å². The predicted octanol–water partition coefficient (Wildman–Crippen LogP) is 2.12. The van der Waals surface area contributed by atoms with E-state index in [1.54, 1.807) is 0 Å². The van der Waals surface area contributed by atoms with Gasteiger partial charge in [0.05, 0.1) is 0 Å². The molecule has 2 aromatic rings. The van der Waals surface area contributed by atoms with Gasteiger partial charge >= 0.3 is 0 Å². The van der Waals surface area contributed by atoms with Crippen molar-refractivity contribution in [3.05, 3.63) is 59.9 Å². The van der Waals surface area contributed by atoms with Crippen molar-refractivity contribution in [1.82, 2.24) is 4.57 Å². The van der Waals surface area contributed by atoms with Crippen molar-refractivity contribution in [2.45, 2.75) is 5.92 Å². The van der Waals surface area contributed by atoms with Gasteiger partial charge in [-0.15, -0.1) is 0 Å². The Labute approximate surface area is 90.3 Å². The number of nitrogens with zero attached hydrogens (tertiary/aromatic N) is 1. The Kier molecular flexibility index (Phi) is 2.88. The first-order valence-electron chi connectivity index (χ1n) is 5.18. The van der Waals surface area contributed by atoms with Gasteiger partial charge in [-0.3, -0.25) is 0 Å². The third kappa shape index (κ3) is 2.10. The van der Waals surface area contributed by atoms with E-state index in [1.165, 1.54) is 11.1 Å². The maximum Gasteiger partial charge on any atom is 0.0227 e. The van der Waals surface area contributed by atoms with Crippen LogP contribution in [0, 0.1) is 0 Å². The molecule has 1 unspecified atom stereocenters. The summed E-state index contributed by atoms with van der Waals surface area (Å²) in [7, 11) is 2.03. The zero-order valence-electron chi connectivity index (χ0n) is 8.93. The average molecular weight is 200 g/mol. The number of aromatic nitrogens is 1. The molecule has 2 heteroatoms. The summed E-state index contributed by atoms with van der Waals surface area (Å²) in [6.07, 6.45) is 4.19. The van der Waals surface area contributed by atoms with Crippen LogP contribution in [0.5, 0.6) is 0 Å². The molecule has 1 aromatic carbocycles. The monoisotopic (exact) mass is 200 g/mol. The van der Waals surface area contributed by atoms with Gasteiger partial charge < -0.3 is 10.3 Å². The van der Waals surface area contributed by atoms with Crippen molar-refractivity contribution in [1.29, 1.82) is 0 Å². The molecule has 0 amide bonds. The van der Waals surface area contributed by atoms with Crippen molar-refractivity contribution in [3.8, 4) is 0 Å². The van der Waals surface area contributed by atoms with Gasteiger partial charge in [0.1, 0.15) is 0 Å². The van der Waals surface area contributed by atoms with Crippen LogP contribution in [0.4, 0.5) is 0 Å². The predicted molar refractivity (Wildman–Crippen MR) is 62.8 cm³/mol. The fourth-order valence-electron chi connectivity index (χ4n) is 1.88. The molecule has 0 aliphatic heterocycles. The Morgan fingerprint density at radius 1 is 1.13 bits per heavy atom. The third-order valence-electron chi connectivity index (χ3n) is 2.69. The minimum Gasteiger partial charge on any atom is -0.357 e. The first-order valence-corrected chi connectivity index (χ1v) is 5.18. The third-order valence-corrected chi connectivity index (χ3v) is 2.69. The van der Waals surface area contributed by atoms with E-state index in [4.69, 9.17) is 5.73 Å². The zero-order valence-corrected chi connectivity index (χ0v) is 8.93. The maximum atomic E-state index is 5.84. The van der Waals surface area contributed by atoms with Crippen molar-refractivity contribution in [2.75, 3.05) is 6.54 Å². The van der Waals surface area contributed by atoms with Crippen LogP contribution >= 0.6 is 0 Å². The molecule has 2 nitrogen and oxygen atoms in total. The van der Waals surface area contributed by atoms with E-state index in [1.807, 2.05) is 13.1 Å². The zero-order chi connectivity index (χ0) is 10.7. The molecule has 1 aromatic heterocycles. The van der Waals surface area contributed by atoms with Gasteiger partial charge in [0.2, 0.25) is 0 Å². The highest BCUT2D eigenvalue weighted by molar-refractivity contribution is 5.31. The Hall–Kier alpha value is -1.54.